The number of thioether (sulfide) groups is 1. The summed E-state index contributed by atoms with van der Waals surface area (Å²) in [5.41, 5.74) is 4.86. The Balaban J connectivity index is 1.48. The van der Waals surface area contributed by atoms with Crippen molar-refractivity contribution in [2.45, 2.75) is 5.16 Å². The second kappa shape index (κ2) is 12.4. The van der Waals surface area contributed by atoms with Gasteiger partial charge < -0.3 is 14.2 Å². The van der Waals surface area contributed by atoms with Crippen molar-refractivity contribution in [3.8, 4) is 34.3 Å². The predicted molar refractivity (Wildman–Crippen MR) is 145 cm³/mol. The van der Waals surface area contributed by atoms with Crippen LogP contribution < -0.4 is 19.6 Å². The lowest BCUT2D eigenvalue weighted by Crippen LogP contribution is -2.20. The van der Waals surface area contributed by atoms with Crippen LogP contribution in [0.2, 0.25) is 0 Å². The summed E-state index contributed by atoms with van der Waals surface area (Å²) in [4.78, 5) is 16.7. The molecule has 0 aliphatic carbocycles. The molecule has 0 fully saturated rings. The lowest BCUT2D eigenvalue weighted by molar-refractivity contribution is -0.118. The number of pyridine rings is 1. The molecule has 4 rings (SSSR count). The number of methoxy groups -OCH3 is 3. The number of hydrogen-bond donors (Lipinski definition) is 1. The number of carbonyl (C=O) groups is 1. The molecule has 2 heterocycles. The molecule has 2 aromatic carbocycles. The summed E-state index contributed by atoms with van der Waals surface area (Å²) in [6.07, 6.45) is 4.92. The molecule has 0 unspecified atom stereocenters. The van der Waals surface area contributed by atoms with Crippen molar-refractivity contribution < 1.29 is 19.0 Å². The minimum Gasteiger partial charge on any atom is -0.493 e. The van der Waals surface area contributed by atoms with E-state index in [2.05, 4.69) is 41.6 Å². The molecule has 10 nitrogen and oxygen atoms in total. The zero-order valence-corrected chi connectivity index (χ0v) is 22.6. The predicted octanol–water partition coefficient (Wildman–Crippen LogP) is 4.36. The first kappa shape index (κ1) is 26.2. The standard InChI is InChI=1S/C25H23BrN6O4S/c1-34-20-11-16(12-21(35-2)23(20)36-3)13-28-29-22(33)15-37-25-31-30-24(17-5-4-10-27-14-17)32(25)19-8-6-18(26)7-9-19/h4-14H,15H2,1-3H3,(H,29,33). The number of rotatable bonds is 10. The van der Waals surface area contributed by atoms with Gasteiger partial charge in [0, 0.05) is 33.7 Å². The van der Waals surface area contributed by atoms with Gasteiger partial charge in [0.2, 0.25) is 5.75 Å². The van der Waals surface area contributed by atoms with Crippen LogP contribution in [0.4, 0.5) is 0 Å². The monoisotopic (exact) mass is 582 g/mol. The Labute approximate surface area is 226 Å². The summed E-state index contributed by atoms with van der Waals surface area (Å²) >= 11 is 4.71. The molecule has 0 spiro atoms. The van der Waals surface area contributed by atoms with Crippen LogP contribution in [-0.4, -0.2) is 59.0 Å². The molecule has 2 aromatic heterocycles. The van der Waals surface area contributed by atoms with Crippen molar-refractivity contribution in [1.29, 1.82) is 0 Å². The van der Waals surface area contributed by atoms with Gasteiger partial charge in [0.1, 0.15) is 0 Å². The van der Waals surface area contributed by atoms with Crippen LogP contribution in [0.3, 0.4) is 0 Å². The van der Waals surface area contributed by atoms with E-state index in [1.54, 1.807) is 24.5 Å². The molecular formula is C25H23BrN6O4S. The van der Waals surface area contributed by atoms with E-state index in [4.69, 9.17) is 14.2 Å². The van der Waals surface area contributed by atoms with E-state index >= 15 is 0 Å². The number of aromatic nitrogens is 4. The van der Waals surface area contributed by atoms with Crippen LogP contribution >= 0.6 is 27.7 Å². The van der Waals surface area contributed by atoms with Gasteiger partial charge in [0.05, 0.1) is 33.3 Å². The highest BCUT2D eigenvalue weighted by Gasteiger charge is 2.17. The van der Waals surface area contributed by atoms with Gasteiger partial charge in [0.15, 0.2) is 22.5 Å². The Morgan fingerprint density at radius 3 is 2.43 bits per heavy atom. The van der Waals surface area contributed by atoms with Crippen LogP contribution in [-0.2, 0) is 4.79 Å². The van der Waals surface area contributed by atoms with Crippen molar-refractivity contribution in [2.75, 3.05) is 27.1 Å². The molecule has 12 heteroatoms. The zero-order chi connectivity index (χ0) is 26.2. The van der Waals surface area contributed by atoms with E-state index in [-0.39, 0.29) is 11.7 Å². The molecule has 0 aliphatic rings. The largest absolute Gasteiger partial charge is 0.493 e. The summed E-state index contributed by atoms with van der Waals surface area (Å²) in [5, 5.41) is 13.3. The van der Waals surface area contributed by atoms with Crippen molar-refractivity contribution >= 4 is 39.8 Å². The fraction of sp³-hybridized carbons (Fsp3) is 0.160. The number of carbonyl (C=O) groups excluding carboxylic acids is 1. The third kappa shape index (κ3) is 6.27. The van der Waals surface area contributed by atoms with Crippen LogP contribution in [0.25, 0.3) is 17.1 Å². The van der Waals surface area contributed by atoms with Gasteiger partial charge in [-0.3, -0.25) is 14.3 Å². The molecule has 0 saturated heterocycles. The molecular weight excluding hydrogens is 560 g/mol. The number of ether oxygens (including phenoxy) is 3. The normalized spacial score (nSPS) is 10.9. The van der Waals surface area contributed by atoms with E-state index in [9.17, 15) is 4.79 Å². The fourth-order valence-corrected chi connectivity index (χ4v) is 4.39. The molecule has 37 heavy (non-hydrogen) atoms. The van der Waals surface area contributed by atoms with Gasteiger partial charge in [-0.1, -0.05) is 27.7 Å². The summed E-state index contributed by atoms with van der Waals surface area (Å²) in [7, 11) is 4.59. The summed E-state index contributed by atoms with van der Waals surface area (Å²) in [6.45, 7) is 0. The second-order valence-electron chi connectivity index (χ2n) is 7.40. The van der Waals surface area contributed by atoms with Gasteiger partial charge in [-0.05, 0) is 48.5 Å². The highest BCUT2D eigenvalue weighted by atomic mass is 79.9. The third-order valence-corrected chi connectivity index (χ3v) is 6.52. The van der Waals surface area contributed by atoms with Gasteiger partial charge in [-0.15, -0.1) is 10.2 Å². The SMILES string of the molecule is COc1cc(C=NNC(=O)CSc2nnc(-c3cccnc3)n2-c2ccc(Br)cc2)cc(OC)c1OC. The maximum absolute atomic E-state index is 12.5. The number of nitrogens with one attached hydrogen (secondary N) is 1. The lowest BCUT2D eigenvalue weighted by Gasteiger charge is -2.12. The van der Waals surface area contributed by atoms with E-state index in [1.165, 1.54) is 39.3 Å². The molecule has 1 amide bonds. The number of halogens is 1. The number of amides is 1. The average molecular weight is 583 g/mol. The fourth-order valence-electron chi connectivity index (χ4n) is 3.39. The van der Waals surface area contributed by atoms with Crippen LogP contribution in [0.15, 0.2) is 75.7 Å². The van der Waals surface area contributed by atoms with Crippen LogP contribution in [0.5, 0.6) is 17.2 Å². The Morgan fingerprint density at radius 2 is 1.81 bits per heavy atom. The average Bonchev–Trinajstić information content (AvgIpc) is 3.36. The molecule has 1 N–H and O–H groups in total. The maximum Gasteiger partial charge on any atom is 0.250 e. The van der Waals surface area contributed by atoms with Crippen molar-refractivity contribution in [2.24, 2.45) is 5.10 Å². The molecule has 4 aromatic rings. The lowest BCUT2D eigenvalue weighted by atomic mass is 10.2. The third-order valence-electron chi connectivity index (χ3n) is 5.06. The number of benzene rings is 2. The van der Waals surface area contributed by atoms with E-state index in [0.717, 1.165) is 15.7 Å². The second-order valence-corrected chi connectivity index (χ2v) is 9.26. The van der Waals surface area contributed by atoms with Gasteiger partial charge in [-0.2, -0.15) is 5.10 Å². The van der Waals surface area contributed by atoms with Crippen LogP contribution in [0, 0.1) is 0 Å². The number of nitrogens with zero attached hydrogens (tertiary/aromatic N) is 5. The zero-order valence-electron chi connectivity index (χ0n) is 20.2. The van der Waals surface area contributed by atoms with E-state index in [0.29, 0.717) is 33.8 Å². The molecule has 0 saturated carbocycles. The quantitative estimate of drug-likeness (QED) is 0.167. The minimum absolute atomic E-state index is 0.0777. The van der Waals surface area contributed by atoms with Crippen molar-refractivity contribution in [1.82, 2.24) is 25.2 Å². The van der Waals surface area contributed by atoms with Crippen molar-refractivity contribution in [3.63, 3.8) is 0 Å². The number of hydrazone groups is 1. The molecule has 0 radical (unpaired) electrons. The molecule has 0 aliphatic heterocycles. The Morgan fingerprint density at radius 1 is 1.08 bits per heavy atom. The first-order chi connectivity index (χ1) is 18.0. The van der Waals surface area contributed by atoms with E-state index in [1.807, 2.05) is 41.0 Å². The van der Waals surface area contributed by atoms with Gasteiger partial charge >= 0.3 is 0 Å². The molecule has 190 valence electrons. The number of hydrogen-bond acceptors (Lipinski definition) is 9. The summed E-state index contributed by atoms with van der Waals surface area (Å²) < 4.78 is 18.8. The minimum atomic E-state index is -0.304. The Hall–Kier alpha value is -3.90. The topological polar surface area (TPSA) is 113 Å². The first-order valence-electron chi connectivity index (χ1n) is 10.9. The maximum atomic E-state index is 12.5. The van der Waals surface area contributed by atoms with Gasteiger partial charge in [-0.25, -0.2) is 5.43 Å². The smallest absolute Gasteiger partial charge is 0.250 e. The van der Waals surface area contributed by atoms with Gasteiger partial charge in [0.25, 0.3) is 5.91 Å². The molecule has 0 bridgehead atoms. The Bertz CT molecular complexity index is 1370. The Kier molecular flexibility index (Phi) is 8.75. The van der Waals surface area contributed by atoms with Crippen molar-refractivity contribution in [3.05, 3.63) is 71.0 Å². The van der Waals surface area contributed by atoms with E-state index < -0.39 is 0 Å². The highest BCUT2D eigenvalue weighted by Crippen LogP contribution is 2.37. The highest BCUT2D eigenvalue weighted by molar-refractivity contribution is 9.10. The molecule has 0 atom stereocenters. The summed E-state index contributed by atoms with van der Waals surface area (Å²) in [6, 6.07) is 15.0. The first-order valence-corrected chi connectivity index (χ1v) is 12.7. The van der Waals surface area contributed by atoms with Crippen LogP contribution in [0.1, 0.15) is 5.56 Å². The summed E-state index contributed by atoms with van der Waals surface area (Å²) in [5.74, 6) is 1.85.